The zero-order valence-corrected chi connectivity index (χ0v) is 18.9. The first-order valence-electron chi connectivity index (χ1n) is 9.77. The Morgan fingerprint density at radius 2 is 1.93 bits per heavy atom. The highest BCUT2D eigenvalue weighted by Gasteiger charge is 2.30. The molecule has 1 N–H and O–H groups in total. The molecule has 3 rings (SSSR count). The van der Waals surface area contributed by atoms with Crippen molar-refractivity contribution in [3.8, 4) is 0 Å². The highest BCUT2D eigenvalue weighted by atomic mass is 32.2. The Balaban J connectivity index is 1.76. The first kappa shape index (κ1) is 22.5. The third-order valence-corrected chi connectivity index (χ3v) is 8.02. The van der Waals surface area contributed by atoms with E-state index in [1.165, 1.54) is 30.6 Å². The summed E-state index contributed by atoms with van der Waals surface area (Å²) in [6, 6.07) is 8.42. The summed E-state index contributed by atoms with van der Waals surface area (Å²) < 4.78 is 29.8. The van der Waals surface area contributed by atoms with Crippen LogP contribution in [0.3, 0.4) is 0 Å². The van der Waals surface area contributed by atoms with Crippen molar-refractivity contribution < 1.29 is 22.7 Å². The van der Waals surface area contributed by atoms with Crippen molar-refractivity contribution in [1.82, 2.24) is 4.90 Å². The van der Waals surface area contributed by atoms with Crippen molar-refractivity contribution in [2.24, 2.45) is 0 Å². The van der Waals surface area contributed by atoms with Crippen LogP contribution in [0.15, 0.2) is 35.2 Å². The van der Waals surface area contributed by atoms with Crippen LogP contribution in [0.25, 0.3) is 0 Å². The molecule has 1 aliphatic heterocycles. The number of rotatable bonds is 7. The van der Waals surface area contributed by atoms with Crippen LogP contribution >= 0.6 is 11.3 Å². The molecule has 2 aromatic rings. The van der Waals surface area contributed by atoms with Gasteiger partial charge in [0.1, 0.15) is 5.00 Å². The lowest BCUT2D eigenvalue weighted by Gasteiger charge is -2.30. The summed E-state index contributed by atoms with van der Waals surface area (Å²) in [5.41, 5.74) is 1.30. The lowest BCUT2D eigenvalue weighted by molar-refractivity contribution is -0.115. The Hall–Kier alpha value is -2.23. The van der Waals surface area contributed by atoms with Gasteiger partial charge in [0, 0.05) is 30.4 Å². The van der Waals surface area contributed by atoms with Gasteiger partial charge < -0.3 is 10.1 Å². The summed E-state index contributed by atoms with van der Waals surface area (Å²) >= 11 is 1.36. The lowest BCUT2D eigenvalue weighted by Crippen LogP contribution is -2.35. The zero-order chi connectivity index (χ0) is 21.9. The van der Waals surface area contributed by atoms with Crippen molar-refractivity contribution in [1.29, 1.82) is 0 Å². The number of hydrogen-bond acceptors (Lipinski definition) is 7. The molecule has 1 aromatic heterocycles. The number of nitrogens with one attached hydrogen (secondary N) is 1. The molecular formula is C21H26N2O5S2. The van der Waals surface area contributed by atoms with E-state index in [2.05, 4.69) is 24.1 Å². The number of ether oxygens (including phenoxy) is 1. The van der Waals surface area contributed by atoms with E-state index >= 15 is 0 Å². The van der Waals surface area contributed by atoms with E-state index in [0.29, 0.717) is 29.6 Å². The van der Waals surface area contributed by atoms with Gasteiger partial charge in [-0.15, -0.1) is 11.3 Å². The van der Waals surface area contributed by atoms with Gasteiger partial charge in [-0.1, -0.05) is 18.2 Å². The average Bonchev–Trinajstić information content (AvgIpc) is 3.09. The van der Waals surface area contributed by atoms with E-state index in [1.807, 2.05) is 0 Å². The van der Waals surface area contributed by atoms with Crippen LogP contribution in [0.2, 0.25) is 0 Å². The van der Waals surface area contributed by atoms with Crippen molar-refractivity contribution in [3.63, 3.8) is 0 Å². The number of esters is 1. The second-order valence-corrected chi connectivity index (χ2v) is 10.7. The molecule has 0 fully saturated rings. The Morgan fingerprint density at radius 1 is 1.23 bits per heavy atom. The molecule has 162 valence electrons. The summed E-state index contributed by atoms with van der Waals surface area (Å²) in [4.78, 5) is 28.4. The summed E-state index contributed by atoms with van der Waals surface area (Å²) in [6.45, 7) is 5.78. The van der Waals surface area contributed by atoms with Crippen LogP contribution < -0.4 is 5.32 Å². The minimum absolute atomic E-state index is 0.188. The highest BCUT2D eigenvalue weighted by molar-refractivity contribution is 7.91. The fourth-order valence-electron chi connectivity index (χ4n) is 3.43. The standard InChI is InChI=1S/C21H26N2O5S2/c1-14(2)23-11-9-16-17(13-23)29-20(19(16)21(25)28-3)22-18(24)10-12-30(26,27)15-7-5-4-6-8-15/h4-8,14H,9-13H2,1-3H3,(H,22,24). The maximum atomic E-state index is 12.5. The molecule has 30 heavy (non-hydrogen) atoms. The molecule has 7 nitrogen and oxygen atoms in total. The monoisotopic (exact) mass is 450 g/mol. The number of carbonyl (C=O) groups is 2. The van der Waals surface area contributed by atoms with Gasteiger partial charge in [0.25, 0.3) is 0 Å². The number of anilines is 1. The predicted molar refractivity (Wildman–Crippen MR) is 117 cm³/mol. The van der Waals surface area contributed by atoms with Crippen LogP contribution in [-0.2, 0) is 32.3 Å². The van der Waals surface area contributed by atoms with Gasteiger partial charge in [-0.05, 0) is 38.0 Å². The van der Waals surface area contributed by atoms with E-state index in [-0.39, 0.29) is 17.1 Å². The van der Waals surface area contributed by atoms with Crippen molar-refractivity contribution in [2.45, 2.75) is 44.2 Å². The number of thiophene rings is 1. The van der Waals surface area contributed by atoms with Crippen LogP contribution in [-0.4, -0.2) is 50.6 Å². The Bertz CT molecular complexity index is 1030. The fourth-order valence-corrected chi connectivity index (χ4v) is 5.97. The molecule has 1 aromatic carbocycles. The molecule has 0 radical (unpaired) electrons. The van der Waals surface area contributed by atoms with Crippen LogP contribution in [0, 0.1) is 0 Å². The number of methoxy groups -OCH3 is 1. The lowest BCUT2D eigenvalue weighted by atomic mass is 10.0. The van der Waals surface area contributed by atoms with E-state index in [4.69, 9.17) is 4.74 Å². The van der Waals surface area contributed by atoms with Gasteiger partial charge in [-0.3, -0.25) is 9.69 Å². The molecule has 9 heteroatoms. The maximum absolute atomic E-state index is 12.5. The summed E-state index contributed by atoms with van der Waals surface area (Å²) in [7, 11) is -2.24. The molecular weight excluding hydrogens is 424 g/mol. The Morgan fingerprint density at radius 3 is 2.57 bits per heavy atom. The topological polar surface area (TPSA) is 92.8 Å². The van der Waals surface area contributed by atoms with Gasteiger partial charge >= 0.3 is 5.97 Å². The number of benzene rings is 1. The minimum Gasteiger partial charge on any atom is -0.465 e. The molecule has 0 bridgehead atoms. The van der Waals surface area contributed by atoms with Gasteiger partial charge in [0.15, 0.2) is 9.84 Å². The normalized spacial score (nSPS) is 14.4. The average molecular weight is 451 g/mol. The van der Waals surface area contributed by atoms with Crippen molar-refractivity contribution in [2.75, 3.05) is 24.7 Å². The van der Waals surface area contributed by atoms with Gasteiger partial charge in [-0.2, -0.15) is 0 Å². The SMILES string of the molecule is COC(=O)c1c(NC(=O)CCS(=O)(=O)c2ccccc2)sc2c1CCN(C(C)C)C2. The third-order valence-electron chi connectivity index (χ3n) is 5.16. The van der Waals surface area contributed by atoms with E-state index < -0.39 is 21.7 Å². The van der Waals surface area contributed by atoms with Crippen molar-refractivity contribution in [3.05, 3.63) is 46.3 Å². The molecule has 0 saturated carbocycles. The molecule has 1 aliphatic rings. The van der Waals surface area contributed by atoms with Gasteiger partial charge in [0.05, 0.1) is 23.3 Å². The smallest absolute Gasteiger partial charge is 0.341 e. The molecule has 0 spiro atoms. The quantitative estimate of drug-likeness (QED) is 0.652. The van der Waals surface area contributed by atoms with Crippen LogP contribution in [0.4, 0.5) is 5.00 Å². The van der Waals surface area contributed by atoms with Crippen molar-refractivity contribution >= 4 is 38.1 Å². The third kappa shape index (κ3) is 4.91. The number of fused-ring (bicyclic) bond motifs is 1. The Labute approximate surface area is 181 Å². The molecule has 0 unspecified atom stereocenters. The summed E-state index contributed by atoms with van der Waals surface area (Å²) in [5.74, 6) is -1.24. The van der Waals surface area contributed by atoms with Crippen LogP contribution in [0.5, 0.6) is 0 Å². The summed E-state index contributed by atoms with van der Waals surface area (Å²) in [5, 5.41) is 3.18. The van der Waals surface area contributed by atoms with E-state index in [9.17, 15) is 18.0 Å². The summed E-state index contributed by atoms with van der Waals surface area (Å²) in [6.07, 6.45) is 0.505. The zero-order valence-electron chi connectivity index (χ0n) is 17.3. The van der Waals surface area contributed by atoms with Crippen LogP contribution in [0.1, 0.15) is 41.1 Å². The number of hydrogen-bond donors (Lipinski definition) is 1. The maximum Gasteiger partial charge on any atom is 0.341 e. The minimum atomic E-state index is -3.55. The molecule has 0 aliphatic carbocycles. The molecule has 2 heterocycles. The first-order valence-corrected chi connectivity index (χ1v) is 12.2. The van der Waals surface area contributed by atoms with Gasteiger partial charge in [-0.25, -0.2) is 13.2 Å². The largest absolute Gasteiger partial charge is 0.465 e. The first-order chi connectivity index (χ1) is 14.2. The molecule has 1 amide bonds. The number of carbonyl (C=O) groups excluding carboxylic acids is 2. The molecule has 0 saturated heterocycles. The Kier molecular flexibility index (Phi) is 6.95. The number of amides is 1. The second-order valence-electron chi connectivity index (χ2n) is 7.44. The highest BCUT2D eigenvalue weighted by Crippen LogP contribution is 2.38. The molecule has 0 atom stereocenters. The second kappa shape index (κ2) is 9.28. The van der Waals surface area contributed by atoms with Gasteiger partial charge in [0.2, 0.25) is 5.91 Å². The predicted octanol–water partition coefficient (Wildman–Crippen LogP) is 3.10. The van der Waals surface area contributed by atoms with E-state index in [0.717, 1.165) is 17.0 Å². The van der Waals surface area contributed by atoms with E-state index in [1.54, 1.807) is 18.2 Å². The number of sulfone groups is 1. The number of nitrogens with zero attached hydrogens (tertiary/aromatic N) is 1. The fraction of sp³-hybridized carbons (Fsp3) is 0.429.